The number of nitrogens with one attached hydrogen (secondary N) is 1. The summed E-state index contributed by atoms with van der Waals surface area (Å²) in [5.74, 6) is 0.0487. The van der Waals surface area contributed by atoms with Gasteiger partial charge in [-0.25, -0.2) is 0 Å². The summed E-state index contributed by atoms with van der Waals surface area (Å²) in [6.45, 7) is 2.55. The molecule has 1 aromatic rings. The molecule has 104 valence electrons. The van der Waals surface area contributed by atoms with Gasteiger partial charge in [-0.15, -0.1) is 10.2 Å². The molecule has 0 aliphatic carbocycles. The second kappa shape index (κ2) is 7.30. The van der Waals surface area contributed by atoms with Crippen LogP contribution in [0.15, 0.2) is 12.1 Å². The van der Waals surface area contributed by atoms with Crippen molar-refractivity contribution in [1.29, 1.82) is 0 Å². The number of esters is 1. The van der Waals surface area contributed by atoms with Gasteiger partial charge in [0.05, 0.1) is 13.0 Å². The first-order valence-corrected chi connectivity index (χ1v) is 5.99. The summed E-state index contributed by atoms with van der Waals surface area (Å²) in [5.41, 5.74) is 0.279. The molecular weight excluding hydrogens is 248 g/mol. The van der Waals surface area contributed by atoms with Gasteiger partial charge in [-0.2, -0.15) is 0 Å². The third-order valence-electron chi connectivity index (χ3n) is 2.23. The Morgan fingerprint density at radius 3 is 2.58 bits per heavy atom. The third-order valence-corrected chi connectivity index (χ3v) is 2.23. The van der Waals surface area contributed by atoms with Crippen molar-refractivity contribution < 1.29 is 14.3 Å². The zero-order valence-electron chi connectivity index (χ0n) is 11.3. The molecule has 7 nitrogen and oxygen atoms in total. The van der Waals surface area contributed by atoms with Crippen molar-refractivity contribution in [2.24, 2.45) is 0 Å². The number of ether oxygens (including phenoxy) is 1. The molecule has 0 atom stereocenters. The van der Waals surface area contributed by atoms with E-state index in [1.165, 1.54) is 4.90 Å². The molecule has 0 aliphatic heterocycles. The first-order chi connectivity index (χ1) is 9.04. The van der Waals surface area contributed by atoms with Crippen LogP contribution in [0.4, 0.5) is 5.82 Å². The number of hydrogen-bond acceptors (Lipinski definition) is 6. The Hall–Kier alpha value is -2.18. The first-order valence-electron chi connectivity index (χ1n) is 5.99. The van der Waals surface area contributed by atoms with E-state index < -0.39 is 0 Å². The van der Waals surface area contributed by atoms with Crippen molar-refractivity contribution in [2.45, 2.75) is 13.3 Å². The summed E-state index contributed by atoms with van der Waals surface area (Å²) in [6, 6.07) is 3.23. The predicted octanol–water partition coefficient (Wildman–Crippen LogP) is 0.543. The van der Waals surface area contributed by atoms with E-state index in [-0.39, 0.29) is 24.0 Å². The lowest BCUT2D eigenvalue weighted by atomic mass is 10.3. The molecule has 1 heterocycles. The summed E-state index contributed by atoms with van der Waals surface area (Å²) >= 11 is 0. The molecule has 0 saturated heterocycles. The van der Waals surface area contributed by atoms with Crippen LogP contribution in [0.1, 0.15) is 23.8 Å². The molecule has 0 fully saturated rings. The fraction of sp³-hybridized carbons (Fsp3) is 0.500. The van der Waals surface area contributed by atoms with Crippen molar-refractivity contribution in [3.05, 3.63) is 17.8 Å². The van der Waals surface area contributed by atoms with Crippen LogP contribution >= 0.6 is 0 Å². The number of amides is 1. The monoisotopic (exact) mass is 266 g/mol. The van der Waals surface area contributed by atoms with Gasteiger partial charge in [-0.05, 0) is 19.1 Å². The molecule has 0 unspecified atom stereocenters. The molecule has 19 heavy (non-hydrogen) atoms. The summed E-state index contributed by atoms with van der Waals surface area (Å²) in [4.78, 5) is 24.1. The van der Waals surface area contributed by atoms with Gasteiger partial charge in [-0.1, -0.05) is 0 Å². The summed E-state index contributed by atoms with van der Waals surface area (Å²) < 4.78 is 4.79. The van der Waals surface area contributed by atoms with E-state index in [1.54, 1.807) is 33.2 Å². The van der Waals surface area contributed by atoms with Crippen molar-refractivity contribution in [1.82, 2.24) is 15.1 Å². The fourth-order valence-electron chi connectivity index (χ4n) is 1.30. The molecule has 0 radical (unpaired) electrons. The van der Waals surface area contributed by atoms with Crippen LogP contribution in [0.3, 0.4) is 0 Å². The maximum absolute atomic E-state index is 11.6. The number of anilines is 1. The van der Waals surface area contributed by atoms with Crippen LogP contribution < -0.4 is 5.32 Å². The molecule has 0 saturated carbocycles. The number of aromatic nitrogens is 2. The van der Waals surface area contributed by atoms with Crippen molar-refractivity contribution in [2.75, 3.05) is 32.6 Å². The number of hydrogen-bond donors (Lipinski definition) is 1. The van der Waals surface area contributed by atoms with E-state index in [9.17, 15) is 9.59 Å². The number of carbonyl (C=O) groups excluding carboxylic acids is 2. The molecule has 7 heteroatoms. The second-order valence-corrected chi connectivity index (χ2v) is 3.99. The zero-order chi connectivity index (χ0) is 14.3. The van der Waals surface area contributed by atoms with Gasteiger partial charge in [0.2, 0.25) is 0 Å². The van der Waals surface area contributed by atoms with Crippen LogP contribution in [-0.4, -0.2) is 54.2 Å². The Bertz CT molecular complexity index is 431. The maximum Gasteiger partial charge on any atom is 0.307 e. The first kappa shape index (κ1) is 14.9. The topological polar surface area (TPSA) is 84.4 Å². The SMILES string of the molecule is CCOC(=O)CCNc1ccc(C(=O)N(C)C)nn1. The van der Waals surface area contributed by atoms with Gasteiger partial charge in [0, 0.05) is 20.6 Å². The summed E-state index contributed by atoms with van der Waals surface area (Å²) in [6.07, 6.45) is 0.258. The van der Waals surface area contributed by atoms with Crippen LogP contribution in [0.25, 0.3) is 0 Å². The molecule has 0 aliphatic rings. The van der Waals surface area contributed by atoms with Crippen LogP contribution in [-0.2, 0) is 9.53 Å². The van der Waals surface area contributed by atoms with Gasteiger partial charge in [0.25, 0.3) is 5.91 Å². The van der Waals surface area contributed by atoms with Crippen LogP contribution in [0, 0.1) is 0 Å². The molecular formula is C12H18N4O3. The Morgan fingerprint density at radius 2 is 2.05 bits per heavy atom. The Morgan fingerprint density at radius 1 is 1.32 bits per heavy atom. The van der Waals surface area contributed by atoms with E-state index in [1.807, 2.05) is 0 Å². The number of carbonyl (C=O) groups is 2. The van der Waals surface area contributed by atoms with Gasteiger partial charge in [0.1, 0.15) is 5.82 Å². The van der Waals surface area contributed by atoms with Gasteiger partial charge in [-0.3, -0.25) is 9.59 Å². The highest BCUT2D eigenvalue weighted by molar-refractivity contribution is 5.91. The van der Waals surface area contributed by atoms with Gasteiger partial charge < -0.3 is 15.0 Å². The average Bonchev–Trinajstić information content (AvgIpc) is 2.39. The lowest BCUT2D eigenvalue weighted by Gasteiger charge is -2.09. The lowest BCUT2D eigenvalue weighted by molar-refractivity contribution is -0.142. The lowest BCUT2D eigenvalue weighted by Crippen LogP contribution is -2.23. The minimum absolute atomic E-state index is 0.203. The second-order valence-electron chi connectivity index (χ2n) is 3.99. The van der Waals surface area contributed by atoms with E-state index in [2.05, 4.69) is 15.5 Å². The van der Waals surface area contributed by atoms with Crippen molar-refractivity contribution in [3.63, 3.8) is 0 Å². The molecule has 1 amide bonds. The predicted molar refractivity (Wildman–Crippen MR) is 69.8 cm³/mol. The third kappa shape index (κ3) is 4.90. The van der Waals surface area contributed by atoms with Crippen LogP contribution in [0.2, 0.25) is 0 Å². The highest BCUT2D eigenvalue weighted by atomic mass is 16.5. The molecule has 1 aromatic heterocycles. The van der Waals surface area contributed by atoms with Gasteiger partial charge >= 0.3 is 5.97 Å². The standard InChI is InChI=1S/C12H18N4O3/c1-4-19-11(17)7-8-13-10-6-5-9(14-15-10)12(18)16(2)3/h5-6H,4,7-8H2,1-3H3,(H,13,15). The van der Waals surface area contributed by atoms with Crippen molar-refractivity contribution >= 4 is 17.7 Å². The molecule has 0 spiro atoms. The van der Waals surface area contributed by atoms with Crippen LogP contribution in [0.5, 0.6) is 0 Å². The minimum Gasteiger partial charge on any atom is -0.466 e. The average molecular weight is 266 g/mol. The Labute approximate surface area is 112 Å². The Balaban J connectivity index is 2.44. The zero-order valence-corrected chi connectivity index (χ0v) is 11.3. The van der Waals surface area contributed by atoms with Crippen molar-refractivity contribution in [3.8, 4) is 0 Å². The minimum atomic E-state index is -0.262. The molecule has 0 bridgehead atoms. The quantitative estimate of drug-likeness (QED) is 0.757. The largest absolute Gasteiger partial charge is 0.466 e. The smallest absolute Gasteiger partial charge is 0.307 e. The number of rotatable bonds is 6. The van der Waals surface area contributed by atoms with Gasteiger partial charge in [0.15, 0.2) is 5.69 Å². The summed E-state index contributed by atoms with van der Waals surface area (Å²) in [5, 5.41) is 10.6. The van der Waals surface area contributed by atoms with E-state index in [0.29, 0.717) is 19.0 Å². The normalized spacial score (nSPS) is 9.84. The number of nitrogens with zero attached hydrogens (tertiary/aromatic N) is 3. The molecule has 0 aromatic carbocycles. The maximum atomic E-state index is 11.6. The van der Waals surface area contributed by atoms with E-state index in [0.717, 1.165) is 0 Å². The van der Waals surface area contributed by atoms with E-state index >= 15 is 0 Å². The van der Waals surface area contributed by atoms with E-state index in [4.69, 9.17) is 4.74 Å². The molecule has 1 rings (SSSR count). The summed E-state index contributed by atoms with van der Waals surface area (Å²) in [7, 11) is 3.30. The molecule has 1 N–H and O–H groups in total. The fourth-order valence-corrected chi connectivity index (χ4v) is 1.30. The highest BCUT2D eigenvalue weighted by Gasteiger charge is 2.10. The Kier molecular flexibility index (Phi) is 5.72. The highest BCUT2D eigenvalue weighted by Crippen LogP contribution is 2.03.